The molecule has 0 aliphatic heterocycles. The maximum atomic E-state index is 10.8. The molecule has 0 aliphatic rings. The highest BCUT2D eigenvalue weighted by Crippen LogP contribution is 2.35. The third-order valence-electron chi connectivity index (χ3n) is 3.10. The Morgan fingerprint density at radius 2 is 2.18 bits per heavy atom. The Labute approximate surface area is 135 Å². The molecule has 0 saturated carbocycles. The lowest BCUT2D eigenvalue weighted by Gasteiger charge is -2.11. The molecule has 3 aromatic rings. The van der Waals surface area contributed by atoms with Crippen LogP contribution in [0.1, 0.15) is 0 Å². The number of aromatic nitrogens is 3. The van der Waals surface area contributed by atoms with Crippen molar-refractivity contribution in [1.29, 1.82) is 0 Å². The molecule has 0 fully saturated rings. The molecule has 6 nitrogen and oxygen atoms in total. The van der Waals surface area contributed by atoms with Crippen LogP contribution in [-0.4, -0.2) is 32.8 Å². The average Bonchev–Trinajstić information content (AvgIpc) is 3.03. The highest BCUT2D eigenvalue weighted by Gasteiger charge is 2.13. The standard InChI is InChI=1S/C14H10Cl2N4O2/c15-9-2-1-8-11(17-6-12(21)22)3-10(7-4-18-19-5-7)20-14(8)13(9)16/h1-5H,6H2,(H,17,20)(H,18,19)(H,21,22). The Bertz CT molecular complexity index is 850. The van der Waals surface area contributed by atoms with Gasteiger partial charge in [-0.3, -0.25) is 9.89 Å². The maximum Gasteiger partial charge on any atom is 0.322 e. The number of carbonyl (C=O) groups is 1. The number of fused-ring (bicyclic) bond motifs is 1. The first-order valence-corrected chi connectivity index (χ1v) is 7.05. The van der Waals surface area contributed by atoms with Crippen LogP contribution in [0.5, 0.6) is 0 Å². The molecular formula is C14H10Cl2N4O2. The van der Waals surface area contributed by atoms with Gasteiger partial charge in [0.05, 0.1) is 27.5 Å². The fourth-order valence-corrected chi connectivity index (χ4v) is 2.45. The summed E-state index contributed by atoms with van der Waals surface area (Å²) in [6.07, 6.45) is 3.31. The number of anilines is 1. The molecule has 0 aliphatic carbocycles. The Hall–Kier alpha value is -2.31. The van der Waals surface area contributed by atoms with Crippen LogP contribution in [0.3, 0.4) is 0 Å². The van der Waals surface area contributed by atoms with Gasteiger partial charge in [0.15, 0.2) is 0 Å². The van der Waals surface area contributed by atoms with E-state index in [1.54, 1.807) is 30.6 Å². The molecule has 0 radical (unpaired) electrons. The van der Waals surface area contributed by atoms with Crippen LogP contribution in [0.2, 0.25) is 10.0 Å². The summed E-state index contributed by atoms with van der Waals surface area (Å²) >= 11 is 12.3. The van der Waals surface area contributed by atoms with Crippen molar-refractivity contribution in [3.8, 4) is 11.3 Å². The van der Waals surface area contributed by atoms with Gasteiger partial charge in [0.2, 0.25) is 0 Å². The van der Waals surface area contributed by atoms with E-state index in [0.29, 0.717) is 32.3 Å². The van der Waals surface area contributed by atoms with Crippen molar-refractivity contribution in [2.45, 2.75) is 0 Å². The summed E-state index contributed by atoms with van der Waals surface area (Å²) in [7, 11) is 0. The Morgan fingerprint density at radius 3 is 2.86 bits per heavy atom. The van der Waals surface area contributed by atoms with Crippen LogP contribution >= 0.6 is 23.2 Å². The number of aliphatic carboxylic acids is 1. The number of rotatable bonds is 4. The first-order chi connectivity index (χ1) is 10.6. The molecule has 22 heavy (non-hydrogen) atoms. The quantitative estimate of drug-likeness (QED) is 0.678. The van der Waals surface area contributed by atoms with Gasteiger partial charge in [0.25, 0.3) is 0 Å². The monoisotopic (exact) mass is 336 g/mol. The van der Waals surface area contributed by atoms with Gasteiger partial charge in [-0.15, -0.1) is 0 Å². The largest absolute Gasteiger partial charge is 0.480 e. The van der Waals surface area contributed by atoms with E-state index in [4.69, 9.17) is 28.3 Å². The summed E-state index contributed by atoms with van der Waals surface area (Å²) in [4.78, 5) is 15.3. The number of hydrogen-bond donors (Lipinski definition) is 3. The predicted octanol–water partition coefficient (Wildman–Crippen LogP) is 3.43. The fourth-order valence-electron chi connectivity index (χ4n) is 2.09. The van der Waals surface area contributed by atoms with E-state index in [1.165, 1.54) is 0 Å². The molecule has 8 heteroatoms. The average molecular weight is 337 g/mol. The van der Waals surface area contributed by atoms with Gasteiger partial charge in [-0.2, -0.15) is 5.10 Å². The predicted molar refractivity (Wildman–Crippen MR) is 85.5 cm³/mol. The van der Waals surface area contributed by atoms with Crippen molar-refractivity contribution in [3.05, 3.63) is 40.6 Å². The summed E-state index contributed by atoms with van der Waals surface area (Å²) in [5, 5.41) is 19.7. The molecule has 0 amide bonds. The van der Waals surface area contributed by atoms with Gasteiger partial charge < -0.3 is 10.4 Å². The van der Waals surface area contributed by atoms with Gasteiger partial charge in [0, 0.05) is 22.8 Å². The number of aromatic amines is 1. The summed E-state index contributed by atoms with van der Waals surface area (Å²) in [6.45, 7) is -0.218. The SMILES string of the molecule is O=C(O)CNc1cc(-c2cn[nH]c2)nc2c(Cl)c(Cl)ccc12. The van der Waals surface area contributed by atoms with Crippen molar-refractivity contribution >= 4 is 45.8 Å². The van der Waals surface area contributed by atoms with E-state index in [9.17, 15) is 4.79 Å². The van der Waals surface area contributed by atoms with Gasteiger partial charge >= 0.3 is 5.97 Å². The second-order valence-corrected chi connectivity index (χ2v) is 5.33. The number of nitrogens with one attached hydrogen (secondary N) is 2. The highest BCUT2D eigenvalue weighted by molar-refractivity contribution is 6.45. The minimum atomic E-state index is -0.963. The molecule has 0 spiro atoms. The topological polar surface area (TPSA) is 90.9 Å². The number of pyridine rings is 1. The Kier molecular flexibility index (Phi) is 3.87. The molecule has 0 saturated heterocycles. The van der Waals surface area contributed by atoms with Crippen molar-refractivity contribution in [1.82, 2.24) is 15.2 Å². The lowest BCUT2D eigenvalue weighted by Crippen LogP contribution is -2.12. The molecule has 0 atom stereocenters. The molecular weight excluding hydrogens is 327 g/mol. The molecule has 2 heterocycles. The van der Waals surface area contributed by atoms with Gasteiger partial charge in [-0.05, 0) is 18.2 Å². The molecule has 0 bridgehead atoms. The zero-order valence-electron chi connectivity index (χ0n) is 11.1. The van der Waals surface area contributed by atoms with E-state index in [2.05, 4.69) is 20.5 Å². The van der Waals surface area contributed by atoms with Crippen molar-refractivity contribution in [2.75, 3.05) is 11.9 Å². The molecule has 0 unspecified atom stereocenters. The minimum absolute atomic E-state index is 0.218. The molecule has 3 N–H and O–H groups in total. The normalized spacial score (nSPS) is 10.8. The summed E-state index contributed by atoms with van der Waals surface area (Å²) in [5.41, 5.74) is 2.48. The lowest BCUT2D eigenvalue weighted by atomic mass is 10.1. The summed E-state index contributed by atoms with van der Waals surface area (Å²) < 4.78 is 0. The number of carboxylic acid groups (broad SMARTS) is 1. The number of nitrogens with zero attached hydrogens (tertiary/aromatic N) is 2. The third kappa shape index (κ3) is 2.70. The smallest absolute Gasteiger partial charge is 0.322 e. The number of benzene rings is 1. The van der Waals surface area contributed by atoms with E-state index >= 15 is 0 Å². The lowest BCUT2D eigenvalue weighted by molar-refractivity contribution is -0.134. The van der Waals surface area contributed by atoms with E-state index in [1.807, 2.05) is 0 Å². The first-order valence-electron chi connectivity index (χ1n) is 6.30. The molecule has 1 aromatic carbocycles. The van der Waals surface area contributed by atoms with Crippen molar-refractivity contribution < 1.29 is 9.90 Å². The Morgan fingerprint density at radius 1 is 1.36 bits per heavy atom. The minimum Gasteiger partial charge on any atom is -0.480 e. The zero-order valence-corrected chi connectivity index (χ0v) is 12.6. The number of halogens is 2. The highest BCUT2D eigenvalue weighted by atomic mass is 35.5. The van der Waals surface area contributed by atoms with Crippen LogP contribution in [-0.2, 0) is 4.79 Å². The Balaban J connectivity index is 2.22. The maximum absolute atomic E-state index is 10.8. The number of hydrogen-bond acceptors (Lipinski definition) is 4. The van der Waals surface area contributed by atoms with Gasteiger partial charge in [-0.25, -0.2) is 4.98 Å². The molecule has 2 aromatic heterocycles. The van der Waals surface area contributed by atoms with Crippen LogP contribution in [0.4, 0.5) is 5.69 Å². The van der Waals surface area contributed by atoms with E-state index < -0.39 is 5.97 Å². The van der Waals surface area contributed by atoms with Crippen molar-refractivity contribution in [2.24, 2.45) is 0 Å². The van der Waals surface area contributed by atoms with E-state index in [-0.39, 0.29) is 6.54 Å². The second kappa shape index (κ2) is 5.82. The summed E-state index contributed by atoms with van der Waals surface area (Å²) in [6, 6.07) is 5.15. The van der Waals surface area contributed by atoms with Gasteiger partial charge in [0.1, 0.15) is 6.54 Å². The zero-order chi connectivity index (χ0) is 15.7. The van der Waals surface area contributed by atoms with Crippen LogP contribution < -0.4 is 5.32 Å². The van der Waals surface area contributed by atoms with E-state index in [0.717, 1.165) is 5.56 Å². The van der Waals surface area contributed by atoms with Crippen LogP contribution in [0.25, 0.3) is 22.2 Å². The van der Waals surface area contributed by atoms with Crippen LogP contribution in [0.15, 0.2) is 30.6 Å². The number of H-pyrrole nitrogens is 1. The van der Waals surface area contributed by atoms with Crippen molar-refractivity contribution in [3.63, 3.8) is 0 Å². The van der Waals surface area contributed by atoms with Gasteiger partial charge in [-0.1, -0.05) is 23.2 Å². The van der Waals surface area contributed by atoms with Crippen LogP contribution in [0, 0.1) is 0 Å². The fraction of sp³-hybridized carbons (Fsp3) is 0.0714. The summed E-state index contributed by atoms with van der Waals surface area (Å²) in [5.74, 6) is -0.963. The molecule has 112 valence electrons. The molecule has 3 rings (SSSR count). The third-order valence-corrected chi connectivity index (χ3v) is 3.89. The first kappa shape index (κ1) is 14.6. The number of carboxylic acids is 1. The second-order valence-electron chi connectivity index (χ2n) is 4.55.